The van der Waals surface area contributed by atoms with Gasteiger partial charge in [-0.1, -0.05) is 11.6 Å². The van der Waals surface area contributed by atoms with Crippen molar-refractivity contribution in [1.82, 2.24) is 9.97 Å². The number of carbonyl (C=O) groups is 2. The molecule has 2 aromatic heterocycles. The number of carboxylic acids is 1. The van der Waals surface area contributed by atoms with Gasteiger partial charge in [-0.2, -0.15) is 0 Å². The molecule has 2 N–H and O–H groups in total. The van der Waals surface area contributed by atoms with Gasteiger partial charge in [-0.3, -0.25) is 4.79 Å². The minimum Gasteiger partial charge on any atom is -0.477 e. The number of aromatic nitrogens is 2. The van der Waals surface area contributed by atoms with Crippen molar-refractivity contribution in [2.75, 3.05) is 5.32 Å². The molecule has 2 heterocycles. The first-order chi connectivity index (χ1) is 9.45. The Labute approximate surface area is 119 Å². The number of rotatable bonds is 3. The van der Waals surface area contributed by atoms with Gasteiger partial charge >= 0.3 is 5.97 Å². The number of nitrogens with one attached hydrogen (secondary N) is 1. The second-order valence-electron chi connectivity index (χ2n) is 4.01. The van der Waals surface area contributed by atoms with E-state index in [4.69, 9.17) is 16.7 Å². The molecule has 0 aliphatic rings. The van der Waals surface area contributed by atoms with Gasteiger partial charge in [0.1, 0.15) is 10.8 Å². The molecular formula is C13H10ClN3O3. The van der Waals surface area contributed by atoms with Gasteiger partial charge < -0.3 is 10.4 Å². The number of aryl methyl sites for hydroxylation is 1. The second-order valence-corrected chi connectivity index (χ2v) is 4.40. The summed E-state index contributed by atoms with van der Waals surface area (Å²) >= 11 is 5.79. The number of pyridine rings is 2. The van der Waals surface area contributed by atoms with Gasteiger partial charge in [-0.25, -0.2) is 14.8 Å². The zero-order valence-corrected chi connectivity index (χ0v) is 11.2. The summed E-state index contributed by atoms with van der Waals surface area (Å²) in [5.74, 6) is -1.57. The third kappa shape index (κ3) is 3.30. The van der Waals surface area contributed by atoms with E-state index in [1.54, 1.807) is 13.0 Å². The van der Waals surface area contributed by atoms with Gasteiger partial charge in [0, 0.05) is 23.1 Å². The van der Waals surface area contributed by atoms with Crippen LogP contribution in [0.15, 0.2) is 30.5 Å². The van der Waals surface area contributed by atoms with Crippen LogP contribution in [-0.2, 0) is 0 Å². The summed E-state index contributed by atoms with van der Waals surface area (Å²) in [7, 11) is 0. The van der Waals surface area contributed by atoms with Crippen molar-refractivity contribution in [2.45, 2.75) is 6.92 Å². The summed E-state index contributed by atoms with van der Waals surface area (Å²) in [6.45, 7) is 1.72. The standard InChI is InChI=1S/C13H10ClN3O3/c1-7-4-8(5-11(14)16-7)12(18)17-9-2-3-15-10(6-9)13(19)20/h2-6H,1H3,(H,19,20)(H,15,17,18). The molecule has 2 aromatic rings. The van der Waals surface area contributed by atoms with E-state index in [1.165, 1.54) is 24.4 Å². The van der Waals surface area contributed by atoms with Gasteiger partial charge in [0.15, 0.2) is 0 Å². The van der Waals surface area contributed by atoms with Crippen molar-refractivity contribution in [3.8, 4) is 0 Å². The molecule has 0 saturated carbocycles. The first-order valence-electron chi connectivity index (χ1n) is 5.60. The summed E-state index contributed by atoms with van der Waals surface area (Å²) in [4.78, 5) is 30.5. The highest BCUT2D eigenvalue weighted by Crippen LogP contribution is 2.14. The van der Waals surface area contributed by atoms with Crippen LogP contribution in [0.1, 0.15) is 26.5 Å². The van der Waals surface area contributed by atoms with Crippen LogP contribution >= 0.6 is 11.6 Å². The first-order valence-corrected chi connectivity index (χ1v) is 5.98. The summed E-state index contributed by atoms with van der Waals surface area (Å²) < 4.78 is 0. The Hall–Kier alpha value is -2.47. The summed E-state index contributed by atoms with van der Waals surface area (Å²) in [6, 6.07) is 5.79. The number of carbonyl (C=O) groups excluding carboxylic acids is 1. The van der Waals surface area contributed by atoms with Gasteiger partial charge in [0.2, 0.25) is 0 Å². The maximum atomic E-state index is 12.0. The molecule has 0 aliphatic carbocycles. The minimum atomic E-state index is -1.16. The van der Waals surface area contributed by atoms with Crippen LogP contribution in [0.25, 0.3) is 0 Å². The minimum absolute atomic E-state index is 0.147. The lowest BCUT2D eigenvalue weighted by atomic mass is 10.2. The molecule has 0 fully saturated rings. The first kappa shape index (κ1) is 14.0. The van der Waals surface area contributed by atoms with E-state index in [0.717, 1.165) is 0 Å². The molecule has 0 spiro atoms. The Morgan fingerprint density at radius 2 is 2.05 bits per heavy atom. The van der Waals surface area contributed by atoms with Crippen molar-refractivity contribution in [3.63, 3.8) is 0 Å². The highest BCUT2D eigenvalue weighted by atomic mass is 35.5. The Bertz CT molecular complexity index is 668. The number of amides is 1. The SMILES string of the molecule is Cc1cc(C(=O)Nc2ccnc(C(=O)O)c2)cc(Cl)n1. The van der Waals surface area contributed by atoms with Gasteiger partial charge in [0.25, 0.3) is 5.91 Å². The predicted octanol–water partition coefficient (Wildman–Crippen LogP) is 2.39. The number of aromatic carboxylic acids is 1. The van der Waals surface area contributed by atoms with E-state index in [0.29, 0.717) is 16.9 Å². The number of hydrogen-bond donors (Lipinski definition) is 2. The number of halogens is 1. The zero-order chi connectivity index (χ0) is 14.7. The Morgan fingerprint density at radius 3 is 2.70 bits per heavy atom. The molecule has 7 heteroatoms. The highest BCUT2D eigenvalue weighted by Gasteiger charge is 2.10. The van der Waals surface area contributed by atoms with E-state index in [2.05, 4.69) is 15.3 Å². The molecule has 0 aliphatic heterocycles. The van der Waals surface area contributed by atoms with E-state index in [-0.39, 0.29) is 10.8 Å². The van der Waals surface area contributed by atoms with E-state index < -0.39 is 11.9 Å². The Morgan fingerprint density at radius 1 is 1.30 bits per heavy atom. The monoisotopic (exact) mass is 291 g/mol. The third-order valence-electron chi connectivity index (χ3n) is 2.42. The van der Waals surface area contributed by atoms with E-state index in [1.807, 2.05) is 0 Å². The molecule has 0 atom stereocenters. The van der Waals surface area contributed by atoms with Crippen LogP contribution in [-0.4, -0.2) is 27.0 Å². The lowest BCUT2D eigenvalue weighted by Gasteiger charge is -2.06. The average Bonchev–Trinajstić information content (AvgIpc) is 2.37. The van der Waals surface area contributed by atoms with Crippen molar-refractivity contribution in [1.29, 1.82) is 0 Å². The van der Waals surface area contributed by atoms with E-state index >= 15 is 0 Å². The molecular weight excluding hydrogens is 282 g/mol. The summed E-state index contributed by atoms with van der Waals surface area (Å²) in [5, 5.41) is 11.6. The van der Waals surface area contributed by atoms with Gasteiger partial charge in [0.05, 0.1) is 0 Å². The topological polar surface area (TPSA) is 92.2 Å². The van der Waals surface area contributed by atoms with Crippen LogP contribution in [0.2, 0.25) is 5.15 Å². The molecule has 20 heavy (non-hydrogen) atoms. The lowest BCUT2D eigenvalue weighted by molar-refractivity contribution is 0.0690. The number of anilines is 1. The molecule has 6 nitrogen and oxygen atoms in total. The van der Waals surface area contributed by atoms with Crippen molar-refractivity contribution < 1.29 is 14.7 Å². The number of hydrogen-bond acceptors (Lipinski definition) is 4. The average molecular weight is 292 g/mol. The molecule has 0 bridgehead atoms. The Kier molecular flexibility index (Phi) is 3.95. The molecule has 0 aromatic carbocycles. The molecule has 102 valence electrons. The van der Waals surface area contributed by atoms with E-state index in [9.17, 15) is 9.59 Å². The van der Waals surface area contributed by atoms with Crippen LogP contribution in [0, 0.1) is 6.92 Å². The largest absolute Gasteiger partial charge is 0.477 e. The Balaban J connectivity index is 2.23. The highest BCUT2D eigenvalue weighted by molar-refractivity contribution is 6.29. The van der Waals surface area contributed by atoms with Crippen LogP contribution in [0.3, 0.4) is 0 Å². The molecule has 2 rings (SSSR count). The molecule has 0 radical (unpaired) electrons. The fourth-order valence-corrected chi connectivity index (χ4v) is 1.84. The number of carboxylic acid groups (broad SMARTS) is 1. The molecule has 1 amide bonds. The predicted molar refractivity (Wildman–Crippen MR) is 73.1 cm³/mol. The molecule has 0 saturated heterocycles. The summed E-state index contributed by atoms with van der Waals surface area (Å²) in [6.07, 6.45) is 1.31. The van der Waals surface area contributed by atoms with Crippen LogP contribution in [0.4, 0.5) is 5.69 Å². The van der Waals surface area contributed by atoms with Gasteiger partial charge in [-0.15, -0.1) is 0 Å². The fraction of sp³-hybridized carbons (Fsp3) is 0.0769. The maximum Gasteiger partial charge on any atom is 0.354 e. The third-order valence-corrected chi connectivity index (χ3v) is 2.61. The van der Waals surface area contributed by atoms with Crippen molar-refractivity contribution in [2.24, 2.45) is 0 Å². The van der Waals surface area contributed by atoms with Crippen LogP contribution < -0.4 is 5.32 Å². The lowest BCUT2D eigenvalue weighted by Crippen LogP contribution is -2.13. The van der Waals surface area contributed by atoms with Crippen LogP contribution in [0.5, 0.6) is 0 Å². The fourth-order valence-electron chi connectivity index (χ4n) is 1.59. The normalized spacial score (nSPS) is 10.1. The summed E-state index contributed by atoms with van der Waals surface area (Å²) in [5.41, 5.74) is 1.15. The maximum absolute atomic E-state index is 12.0. The quantitative estimate of drug-likeness (QED) is 0.847. The van der Waals surface area contributed by atoms with Gasteiger partial charge in [-0.05, 0) is 31.2 Å². The second kappa shape index (κ2) is 5.66. The zero-order valence-electron chi connectivity index (χ0n) is 10.4. The van der Waals surface area contributed by atoms with Crippen molar-refractivity contribution >= 4 is 29.2 Å². The molecule has 0 unspecified atom stereocenters. The van der Waals surface area contributed by atoms with Crippen molar-refractivity contribution in [3.05, 3.63) is 52.6 Å². The smallest absolute Gasteiger partial charge is 0.354 e. The number of nitrogens with zero attached hydrogens (tertiary/aromatic N) is 2.